The molecule has 0 spiro atoms. The first kappa shape index (κ1) is 18.9. The smallest absolute Gasteiger partial charge is 0.468 e. The Kier molecular flexibility index (Phi) is 5.08. The van der Waals surface area contributed by atoms with Crippen molar-refractivity contribution in [3.63, 3.8) is 0 Å². The molecule has 140 valence electrons. The van der Waals surface area contributed by atoms with Gasteiger partial charge in [0.15, 0.2) is 0 Å². The van der Waals surface area contributed by atoms with E-state index in [4.69, 9.17) is 14.0 Å². The van der Waals surface area contributed by atoms with Gasteiger partial charge in [-0.2, -0.15) is 0 Å². The monoisotopic (exact) mass is 349 g/mol. The molecule has 2 fully saturated rings. The summed E-state index contributed by atoms with van der Waals surface area (Å²) in [4.78, 5) is 14.4. The normalized spacial score (nSPS) is 34.9. The van der Waals surface area contributed by atoms with Crippen molar-refractivity contribution in [1.29, 1.82) is 0 Å². The summed E-state index contributed by atoms with van der Waals surface area (Å²) in [6, 6.07) is 0.307. The van der Waals surface area contributed by atoms with Gasteiger partial charge in [-0.05, 0) is 71.3 Å². The molecule has 1 aliphatic carbocycles. The minimum absolute atomic E-state index is 0.0794. The summed E-state index contributed by atoms with van der Waals surface area (Å²) < 4.78 is 17.4. The highest BCUT2D eigenvalue weighted by Gasteiger charge is 2.53. The number of nitrogens with zero attached hydrogens (tertiary/aromatic N) is 1. The average molecular weight is 349 g/mol. The molecule has 25 heavy (non-hydrogen) atoms. The Balaban J connectivity index is 1.70. The van der Waals surface area contributed by atoms with E-state index in [0.29, 0.717) is 12.0 Å². The first-order valence-electron chi connectivity index (χ1n) is 9.54. The molecular formula is C19H32BNO4. The zero-order valence-electron chi connectivity index (χ0n) is 16.5. The number of carbonyl (C=O) groups is 1. The zero-order valence-corrected chi connectivity index (χ0v) is 16.5. The molecule has 3 atom stereocenters. The molecule has 5 nitrogen and oxygen atoms in total. The maximum Gasteiger partial charge on any atom is 0.490 e. The van der Waals surface area contributed by atoms with Gasteiger partial charge in [0.1, 0.15) is 6.04 Å². The Morgan fingerprint density at radius 1 is 1.28 bits per heavy atom. The van der Waals surface area contributed by atoms with Crippen LogP contribution in [0.25, 0.3) is 0 Å². The molecule has 3 unspecified atom stereocenters. The molecule has 2 saturated heterocycles. The lowest BCUT2D eigenvalue weighted by atomic mass is 9.68. The van der Waals surface area contributed by atoms with Crippen LogP contribution in [-0.2, 0) is 18.8 Å². The minimum atomic E-state index is -0.302. The van der Waals surface area contributed by atoms with Crippen LogP contribution in [-0.4, -0.2) is 54.9 Å². The number of methoxy groups -OCH3 is 1. The van der Waals surface area contributed by atoms with E-state index in [1.54, 1.807) is 0 Å². The van der Waals surface area contributed by atoms with Crippen LogP contribution in [0, 0.1) is 5.92 Å². The van der Waals surface area contributed by atoms with Gasteiger partial charge in [0, 0.05) is 6.04 Å². The van der Waals surface area contributed by atoms with Crippen LogP contribution >= 0.6 is 0 Å². The standard InChI is InChI=1S/C19H32BNO4/c1-13-12-14(20-24-18(2,3)19(4,5)25-20)9-10-15(13)21-11-7-8-16(21)17(22)23-6/h9,13,15-16H,7-8,10-12H2,1-6H3. The van der Waals surface area contributed by atoms with Crippen LogP contribution in [0.4, 0.5) is 0 Å². The molecule has 0 N–H and O–H groups in total. The van der Waals surface area contributed by atoms with Crippen molar-refractivity contribution in [3.05, 3.63) is 11.5 Å². The summed E-state index contributed by atoms with van der Waals surface area (Å²) in [7, 11) is 1.24. The van der Waals surface area contributed by atoms with Crippen molar-refractivity contribution >= 4 is 13.1 Å². The second-order valence-electron chi connectivity index (χ2n) is 8.77. The van der Waals surface area contributed by atoms with Gasteiger partial charge in [-0.3, -0.25) is 9.69 Å². The van der Waals surface area contributed by atoms with Gasteiger partial charge in [-0.25, -0.2) is 0 Å². The molecule has 2 aliphatic heterocycles. The van der Waals surface area contributed by atoms with Gasteiger partial charge in [0.2, 0.25) is 0 Å². The number of esters is 1. The summed E-state index contributed by atoms with van der Waals surface area (Å²) in [6.07, 6.45) is 6.14. The molecule has 3 aliphatic rings. The van der Waals surface area contributed by atoms with Crippen molar-refractivity contribution in [2.24, 2.45) is 5.92 Å². The molecule has 0 amide bonds. The van der Waals surface area contributed by atoms with Crippen molar-refractivity contribution in [3.8, 4) is 0 Å². The molecular weight excluding hydrogens is 317 g/mol. The summed E-state index contributed by atoms with van der Waals surface area (Å²) in [6.45, 7) is 11.6. The molecule has 0 aromatic heterocycles. The summed E-state index contributed by atoms with van der Waals surface area (Å²) in [5.74, 6) is 0.370. The Bertz CT molecular complexity index is 544. The number of rotatable bonds is 3. The Hall–Kier alpha value is -0.845. The molecule has 6 heteroatoms. The number of carbonyl (C=O) groups excluding carboxylic acids is 1. The van der Waals surface area contributed by atoms with Crippen LogP contribution in [0.5, 0.6) is 0 Å². The predicted octanol–water partition coefficient (Wildman–Crippen LogP) is 2.98. The second-order valence-corrected chi connectivity index (χ2v) is 8.77. The predicted molar refractivity (Wildman–Crippen MR) is 98.1 cm³/mol. The summed E-state index contributed by atoms with van der Waals surface area (Å²) >= 11 is 0. The van der Waals surface area contributed by atoms with E-state index < -0.39 is 0 Å². The zero-order chi connectivity index (χ0) is 18.4. The fourth-order valence-corrected chi connectivity index (χ4v) is 4.32. The van der Waals surface area contributed by atoms with E-state index in [2.05, 4.69) is 45.6 Å². The van der Waals surface area contributed by atoms with Crippen LogP contribution in [0.3, 0.4) is 0 Å². The third-order valence-corrected chi connectivity index (χ3v) is 6.59. The van der Waals surface area contributed by atoms with Crippen LogP contribution < -0.4 is 0 Å². The highest BCUT2D eigenvalue weighted by atomic mass is 16.7. The van der Waals surface area contributed by atoms with E-state index in [1.807, 2.05) is 0 Å². The quantitative estimate of drug-likeness (QED) is 0.579. The number of hydrogen-bond donors (Lipinski definition) is 0. The first-order chi connectivity index (χ1) is 11.7. The lowest BCUT2D eigenvalue weighted by Gasteiger charge is -2.38. The lowest BCUT2D eigenvalue weighted by Crippen LogP contribution is -2.48. The second kappa shape index (κ2) is 6.71. The van der Waals surface area contributed by atoms with Gasteiger partial charge in [0.05, 0.1) is 18.3 Å². The number of hydrogen-bond acceptors (Lipinski definition) is 5. The Labute approximate surface area is 152 Å². The van der Waals surface area contributed by atoms with Crippen LogP contribution in [0.2, 0.25) is 0 Å². The molecule has 0 bridgehead atoms. The lowest BCUT2D eigenvalue weighted by molar-refractivity contribution is -0.147. The molecule has 3 rings (SSSR count). The molecule has 0 aromatic rings. The van der Waals surface area contributed by atoms with E-state index in [0.717, 1.165) is 32.2 Å². The van der Waals surface area contributed by atoms with Crippen molar-refractivity contribution in [1.82, 2.24) is 4.90 Å². The molecule has 2 heterocycles. The van der Waals surface area contributed by atoms with Crippen LogP contribution in [0.15, 0.2) is 11.5 Å². The number of ether oxygens (including phenoxy) is 1. The van der Waals surface area contributed by atoms with E-state index >= 15 is 0 Å². The Morgan fingerprint density at radius 3 is 2.48 bits per heavy atom. The minimum Gasteiger partial charge on any atom is -0.468 e. The summed E-state index contributed by atoms with van der Waals surface area (Å²) in [5.41, 5.74) is 0.642. The molecule has 0 radical (unpaired) electrons. The fourth-order valence-electron chi connectivity index (χ4n) is 4.32. The van der Waals surface area contributed by atoms with Gasteiger partial charge in [-0.1, -0.05) is 13.0 Å². The van der Waals surface area contributed by atoms with Crippen molar-refractivity contribution in [2.75, 3.05) is 13.7 Å². The highest BCUT2D eigenvalue weighted by molar-refractivity contribution is 6.54. The maximum atomic E-state index is 12.1. The fraction of sp³-hybridized carbons (Fsp3) is 0.842. The van der Waals surface area contributed by atoms with Crippen molar-refractivity contribution < 1.29 is 18.8 Å². The van der Waals surface area contributed by atoms with Gasteiger partial charge in [0.25, 0.3) is 0 Å². The SMILES string of the molecule is COC(=O)C1CCCN1C1CC=C(B2OC(C)(C)C(C)(C)O2)CC1C. The van der Waals surface area contributed by atoms with Gasteiger partial charge < -0.3 is 14.0 Å². The number of allylic oxidation sites excluding steroid dienone is 1. The topological polar surface area (TPSA) is 48.0 Å². The highest BCUT2D eigenvalue weighted by Crippen LogP contribution is 2.42. The van der Waals surface area contributed by atoms with E-state index in [-0.39, 0.29) is 30.3 Å². The maximum absolute atomic E-state index is 12.1. The third kappa shape index (κ3) is 3.41. The van der Waals surface area contributed by atoms with E-state index in [9.17, 15) is 4.79 Å². The largest absolute Gasteiger partial charge is 0.490 e. The third-order valence-electron chi connectivity index (χ3n) is 6.59. The van der Waals surface area contributed by atoms with Crippen LogP contribution in [0.1, 0.15) is 60.3 Å². The first-order valence-corrected chi connectivity index (χ1v) is 9.54. The molecule has 0 aromatic carbocycles. The van der Waals surface area contributed by atoms with E-state index in [1.165, 1.54) is 12.6 Å². The van der Waals surface area contributed by atoms with Crippen molar-refractivity contribution in [2.45, 2.75) is 83.6 Å². The Morgan fingerprint density at radius 2 is 1.92 bits per heavy atom. The number of likely N-dealkylation sites (tertiary alicyclic amines) is 1. The summed E-state index contributed by atoms with van der Waals surface area (Å²) in [5, 5.41) is 0. The van der Waals surface area contributed by atoms with Gasteiger partial charge in [-0.15, -0.1) is 0 Å². The molecule has 0 saturated carbocycles. The average Bonchev–Trinajstić information content (AvgIpc) is 3.09. The van der Waals surface area contributed by atoms with Gasteiger partial charge >= 0.3 is 13.1 Å².